The van der Waals surface area contributed by atoms with E-state index in [2.05, 4.69) is 33.3 Å². The van der Waals surface area contributed by atoms with Crippen LogP contribution in [-0.4, -0.2) is 49.5 Å². The molecule has 0 amide bonds. The summed E-state index contributed by atoms with van der Waals surface area (Å²) in [5.41, 5.74) is 2.11. The Morgan fingerprint density at radius 2 is 2.00 bits per heavy atom. The van der Waals surface area contributed by atoms with Gasteiger partial charge < -0.3 is 19.5 Å². The average molecular weight is 339 g/mol. The van der Waals surface area contributed by atoms with Gasteiger partial charge in [0.15, 0.2) is 5.82 Å². The van der Waals surface area contributed by atoms with E-state index in [9.17, 15) is 0 Å². The molecule has 6 nitrogen and oxygen atoms in total. The number of ether oxygens (including phenoxy) is 1. The van der Waals surface area contributed by atoms with Gasteiger partial charge in [-0.3, -0.25) is 0 Å². The molecular formula is C16H23ClN4O2. The Balaban J connectivity index is 0.00000192. The summed E-state index contributed by atoms with van der Waals surface area (Å²) in [6.07, 6.45) is 0.750. The Labute approximate surface area is 142 Å². The molecule has 1 aliphatic rings. The first-order chi connectivity index (χ1) is 10.8. The molecule has 0 bridgehead atoms. The molecular weight excluding hydrogens is 316 g/mol. The number of hydrogen-bond acceptors (Lipinski definition) is 6. The van der Waals surface area contributed by atoms with E-state index in [0.717, 1.165) is 49.8 Å². The lowest BCUT2D eigenvalue weighted by Crippen LogP contribution is -2.36. The Morgan fingerprint density at radius 3 is 2.74 bits per heavy atom. The van der Waals surface area contributed by atoms with E-state index in [-0.39, 0.29) is 12.4 Å². The van der Waals surface area contributed by atoms with Crippen LogP contribution in [0.15, 0.2) is 28.8 Å². The Kier molecular flexibility index (Phi) is 6.38. The number of anilines is 1. The summed E-state index contributed by atoms with van der Waals surface area (Å²) in [5.74, 6) is 1.31. The Morgan fingerprint density at radius 1 is 1.26 bits per heavy atom. The summed E-state index contributed by atoms with van der Waals surface area (Å²) in [5, 5.41) is 7.28. The first-order valence-electron chi connectivity index (χ1n) is 7.70. The summed E-state index contributed by atoms with van der Waals surface area (Å²) in [7, 11) is 1.93. The van der Waals surface area contributed by atoms with E-state index in [0.29, 0.717) is 11.9 Å². The number of aromatic nitrogens is 2. The van der Waals surface area contributed by atoms with E-state index in [1.54, 1.807) is 0 Å². The van der Waals surface area contributed by atoms with Crippen molar-refractivity contribution in [2.45, 2.75) is 19.4 Å². The number of morpholine rings is 1. The van der Waals surface area contributed by atoms with Gasteiger partial charge in [-0.15, -0.1) is 12.4 Å². The minimum absolute atomic E-state index is 0. The molecule has 1 saturated heterocycles. The maximum absolute atomic E-state index is 5.48. The predicted octanol–water partition coefficient (Wildman–Crippen LogP) is 2.15. The van der Waals surface area contributed by atoms with Crippen LogP contribution in [0.25, 0.3) is 11.5 Å². The van der Waals surface area contributed by atoms with Crippen molar-refractivity contribution in [3.63, 3.8) is 0 Å². The van der Waals surface area contributed by atoms with Crippen molar-refractivity contribution in [1.29, 1.82) is 0 Å². The number of benzene rings is 1. The van der Waals surface area contributed by atoms with E-state index in [1.165, 1.54) is 0 Å². The molecule has 23 heavy (non-hydrogen) atoms. The van der Waals surface area contributed by atoms with Crippen molar-refractivity contribution in [2.75, 3.05) is 38.3 Å². The molecule has 1 aliphatic heterocycles. The largest absolute Gasteiger partial charge is 0.378 e. The first-order valence-corrected chi connectivity index (χ1v) is 7.70. The van der Waals surface area contributed by atoms with Crippen LogP contribution in [0.2, 0.25) is 0 Å². The van der Waals surface area contributed by atoms with E-state index >= 15 is 0 Å². The van der Waals surface area contributed by atoms with Gasteiger partial charge >= 0.3 is 0 Å². The minimum atomic E-state index is 0. The fourth-order valence-electron chi connectivity index (χ4n) is 2.56. The second kappa shape index (κ2) is 8.29. The highest BCUT2D eigenvalue weighted by atomic mass is 35.5. The lowest BCUT2D eigenvalue weighted by atomic mass is 10.1. The standard InChI is InChI=1S/C16H22N4O2.ClH/c1-12(17-2)11-15-18-16(22-19-15)13-5-3-4-6-14(13)20-7-9-21-10-8-20;/h3-6,12,17H,7-11H2,1-2H3;1H. The van der Waals surface area contributed by atoms with Gasteiger partial charge in [0.2, 0.25) is 0 Å². The van der Waals surface area contributed by atoms with Crippen LogP contribution in [0.3, 0.4) is 0 Å². The van der Waals surface area contributed by atoms with Crippen LogP contribution in [0.4, 0.5) is 5.69 Å². The average Bonchev–Trinajstić information content (AvgIpc) is 3.04. The number of likely N-dealkylation sites (N-methyl/N-ethyl adjacent to an activating group) is 1. The van der Waals surface area contributed by atoms with Gasteiger partial charge in [-0.1, -0.05) is 17.3 Å². The monoisotopic (exact) mass is 338 g/mol. The molecule has 1 atom stereocenters. The summed E-state index contributed by atoms with van der Waals surface area (Å²) >= 11 is 0. The van der Waals surface area contributed by atoms with Gasteiger partial charge in [0, 0.05) is 31.2 Å². The molecule has 1 unspecified atom stereocenters. The van der Waals surface area contributed by atoms with Crippen LogP contribution in [-0.2, 0) is 11.2 Å². The third kappa shape index (κ3) is 4.22. The smallest absolute Gasteiger partial charge is 0.260 e. The Bertz CT molecular complexity index is 614. The fourth-order valence-corrected chi connectivity index (χ4v) is 2.56. The molecule has 1 N–H and O–H groups in total. The lowest BCUT2D eigenvalue weighted by molar-refractivity contribution is 0.122. The molecule has 1 fully saturated rings. The lowest BCUT2D eigenvalue weighted by Gasteiger charge is -2.29. The van der Waals surface area contributed by atoms with Gasteiger partial charge in [0.05, 0.1) is 18.8 Å². The number of nitrogens with zero attached hydrogens (tertiary/aromatic N) is 3. The maximum Gasteiger partial charge on any atom is 0.260 e. The van der Waals surface area contributed by atoms with Crippen molar-refractivity contribution in [3.8, 4) is 11.5 Å². The van der Waals surface area contributed by atoms with Crippen LogP contribution < -0.4 is 10.2 Å². The molecule has 126 valence electrons. The van der Waals surface area contributed by atoms with Gasteiger partial charge in [0.25, 0.3) is 5.89 Å². The number of halogens is 1. The zero-order chi connectivity index (χ0) is 15.4. The molecule has 2 aromatic rings. The van der Waals surface area contributed by atoms with Gasteiger partial charge in [-0.25, -0.2) is 0 Å². The van der Waals surface area contributed by atoms with Gasteiger partial charge in [0.1, 0.15) is 0 Å². The van der Waals surface area contributed by atoms with Gasteiger partial charge in [-0.2, -0.15) is 4.98 Å². The summed E-state index contributed by atoms with van der Waals surface area (Å²) in [6.45, 7) is 5.37. The van der Waals surface area contributed by atoms with Crippen molar-refractivity contribution in [3.05, 3.63) is 30.1 Å². The molecule has 1 aromatic heterocycles. The summed E-state index contributed by atoms with van der Waals surface area (Å²) in [4.78, 5) is 6.85. The molecule has 0 spiro atoms. The minimum Gasteiger partial charge on any atom is -0.378 e. The predicted molar refractivity (Wildman–Crippen MR) is 92.2 cm³/mol. The second-order valence-electron chi connectivity index (χ2n) is 5.53. The quantitative estimate of drug-likeness (QED) is 0.901. The maximum atomic E-state index is 5.48. The SMILES string of the molecule is CNC(C)Cc1noc(-c2ccccc2N2CCOCC2)n1.Cl. The number of nitrogens with one attached hydrogen (secondary N) is 1. The third-order valence-corrected chi connectivity index (χ3v) is 3.94. The molecule has 3 rings (SSSR count). The number of hydrogen-bond donors (Lipinski definition) is 1. The van der Waals surface area contributed by atoms with Gasteiger partial charge in [-0.05, 0) is 26.1 Å². The molecule has 2 heterocycles. The highest BCUT2D eigenvalue weighted by Crippen LogP contribution is 2.30. The summed E-state index contributed by atoms with van der Waals surface area (Å²) < 4.78 is 10.9. The zero-order valence-electron chi connectivity index (χ0n) is 13.5. The molecule has 7 heteroatoms. The van der Waals surface area contributed by atoms with Crippen LogP contribution >= 0.6 is 12.4 Å². The van der Waals surface area contributed by atoms with Crippen molar-refractivity contribution in [1.82, 2.24) is 15.5 Å². The Hall–Kier alpha value is -1.63. The molecule has 0 saturated carbocycles. The molecule has 1 aromatic carbocycles. The van der Waals surface area contributed by atoms with E-state index < -0.39 is 0 Å². The molecule has 0 radical (unpaired) electrons. The van der Waals surface area contributed by atoms with Crippen molar-refractivity contribution >= 4 is 18.1 Å². The highest BCUT2D eigenvalue weighted by molar-refractivity contribution is 5.85. The van der Waals surface area contributed by atoms with E-state index in [4.69, 9.17) is 9.26 Å². The fraction of sp³-hybridized carbons (Fsp3) is 0.500. The van der Waals surface area contributed by atoms with E-state index in [1.807, 2.05) is 25.2 Å². The normalized spacial score (nSPS) is 16.0. The summed E-state index contributed by atoms with van der Waals surface area (Å²) in [6, 6.07) is 8.48. The first kappa shape index (κ1) is 17.7. The zero-order valence-corrected chi connectivity index (χ0v) is 14.3. The van der Waals surface area contributed by atoms with Crippen molar-refractivity contribution in [2.24, 2.45) is 0 Å². The van der Waals surface area contributed by atoms with Crippen LogP contribution in [0, 0.1) is 0 Å². The third-order valence-electron chi connectivity index (χ3n) is 3.94. The number of rotatable bonds is 5. The van der Waals surface area contributed by atoms with Crippen LogP contribution in [0.1, 0.15) is 12.7 Å². The van der Waals surface area contributed by atoms with Crippen molar-refractivity contribution < 1.29 is 9.26 Å². The molecule has 0 aliphatic carbocycles. The number of para-hydroxylation sites is 1. The second-order valence-corrected chi connectivity index (χ2v) is 5.53. The van der Waals surface area contributed by atoms with Crippen LogP contribution in [0.5, 0.6) is 0 Å². The highest BCUT2D eigenvalue weighted by Gasteiger charge is 2.19. The topological polar surface area (TPSA) is 63.4 Å².